The van der Waals surface area contributed by atoms with Crippen LogP contribution in [0.5, 0.6) is 5.75 Å². The van der Waals surface area contributed by atoms with E-state index in [2.05, 4.69) is 15.6 Å². The van der Waals surface area contributed by atoms with E-state index < -0.39 is 15.9 Å². The van der Waals surface area contributed by atoms with Gasteiger partial charge in [0.15, 0.2) is 0 Å². The predicted octanol–water partition coefficient (Wildman–Crippen LogP) is 3.35. The molecular formula is C16H15N3O4S2. The number of anilines is 2. The normalized spacial score (nSPS) is 11.3. The molecule has 3 rings (SSSR count). The van der Waals surface area contributed by atoms with Crippen molar-refractivity contribution in [2.75, 3.05) is 24.0 Å². The SMILES string of the molecule is COc1ccc(NC(=O)Nc2ccc3nc(S(C)(=O)=O)sc3c2)cc1. The number of thiazole rings is 1. The van der Waals surface area contributed by atoms with Gasteiger partial charge in [-0.15, -0.1) is 11.3 Å². The number of rotatable bonds is 4. The van der Waals surface area contributed by atoms with E-state index in [1.165, 1.54) is 0 Å². The van der Waals surface area contributed by atoms with Crippen LogP contribution in [0.3, 0.4) is 0 Å². The lowest BCUT2D eigenvalue weighted by molar-refractivity contribution is 0.262. The number of sulfone groups is 1. The second kappa shape index (κ2) is 6.69. The van der Waals surface area contributed by atoms with Crippen molar-refractivity contribution < 1.29 is 17.9 Å². The first kappa shape index (κ1) is 17.2. The molecule has 0 saturated heterocycles. The van der Waals surface area contributed by atoms with Crippen molar-refractivity contribution in [2.24, 2.45) is 0 Å². The van der Waals surface area contributed by atoms with Crippen LogP contribution < -0.4 is 15.4 Å². The molecule has 2 N–H and O–H groups in total. The van der Waals surface area contributed by atoms with Gasteiger partial charge in [0.1, 0.15) is 5.75 Å². The fourth-order valence-corrected chi connectivity index (χ4v) is 3.98. The third-order valence-electron chi connectivity index (χ3n) is 3.29. The maximum absolute atomic E-state index is 12.1. The number of nitrogens with zero attached hydrogens (tertiary/aromatic N) is 1. The summed E-state index contributed by atoms with van der Waals surface area (Å²) in [6, 6.07) is 11.6. The number of benzene rings is 2. The molecule has 0 saturated carbocycles. The van der Waals surface area contributed by atoms with E-state index in [-0.39, 0.29) is 4.34 Å². The highest BCUT2D eigenvalue weighted by Gasteiger charge is 2.14. The first-order valence-corrected chi connectivity index (χ1v) is 9.88. The van der Waals surface area contributed by atoms with Crippen molar-refractivity contribution in [2.45, 2.75) is 4.34 Å². The van der Waals surface area contributed by atoms with Crippen molar-refractivity contribution in [3.63, 3.8) is 0 Å². The molecule has 1 aromatic heterocycles. The highest BCUT2D eigenvalue weighted by molar-refractivity contribution is 7.92. The number of nitrogens with one attached hydrogen (secondary N) is 2. The molecule has 0 aliphatic rings. The topological polar surface area (TPSA) is 97.4 Å². The smallest absolute Gasteiger partial charge is 0.323 e. The van der Waals surface area contributed by atoms with Crippen LogP contribution in [0.15, 0.2) is 46.8 Å². The summed E-state index contributed by atoms with van der Waals surface area (Å²) in [7, 11) is -1.78. The minimum absolute atomic E-state index is 0.0577. The lowest BCUT2D eigenvalue weighted by atomic mass is 10.3. The van der Waals surface area contributed by atoms with Crippen LogP contribution in [0.1, 0.15) is 0 Å². The Hall–Kier alpha value is -2.65. The van der Waals surface area contributed by atoms with Crippen LogP contribution in [0.4, 0.5) is 16.2 Å². The predicted molar refractivity (Wildman–Crippen MR) is 98.4 cm³/mol. The molecule has 0 fully saturated rings. The molecule has 25 heavy (non-hydrogen) atoms. The van der Waals surface area contributed by atoms with Crippen LogP contribution in [0.25, 0.3) is 10.2 Å². The van der Waals surface area contributed by atoms with Crippen molar-refractivity contribution >= 4 is 48.8 Å². The number of hydrogen-bond acceptors (Lipinski definition) is 6. The second-order valence-corrected chi connectivity index (χ2v) is 8.46. The third-order valence-corrected chi connectivity index (χ3v) is 5.99. The summed E-state index contributed by atoms with van der Waals surface area (Å²) in [5.41, 5.74) is 1.74. The average molecular weight is 377 g/mol. The molecule has 0 aliphatic carbocycles. The Labute approximate surface area is 148 Å². The molecule has 0 spiro atoms. The minimum Gasteiger partial charge on any atom is -0.497 e. The van der Waals surface area contributed by atoms with Crippen molar-refractivity contribution in [3.05, 3.63) is 42.5 Å². The number of ether oxygens (including phenoxy) is 1. The first-order chi connectivity index (χ1) is 11.8. The summed E-state index contributed by atoms with van der Waals surface area (Å²) >= 11 is 1.07. The monoisotopic (exact) mass is 377 g/mol. The Kier molecular flexibility index (Phi) is 4.60. The largest absolute Gasteiger partial charge is 0.497 e. The summed E-state index contributed by atoms with van der Waals surface area (Å²) in [5.74, 6) is 0.697. The molecular weight excluding hydrogens is 362 g/mol. The van der Waals surface area contributed by atoms with E-state index in [9.17, 15) is 13.2 Å². The van der Waals surface area contributed by atoms with Crippen molar-refractivity contribution in [1.29, 1.82) is 0 Å². The van der Waals surface area contributed by atoms with Crippen LogP contribution in [0, 0.1) is 0 Å². The molecule has 0 radical (unpaired) electrons. The lowest BCUT2D eigenvalue weighted by Gasteiger charge is -2.08. The zero-order valence-corrected chi connectivity index (χ0v) is 15.1. The highest BCUT2D eigenvalue weighted by atomic mass is 32.2. The molecule has 2 amide bonds. The maximum Gasteiger partial charge on any atom is 0.323 e. The summed E-state index contributed by atoms with van der Waals surface area (Å²) in [4.78, 5) is 16.2. The molecule has 0 atom stereocenters. The molecule has 7 nitrogen and oxygen atoms in total. The Balaban J connectivity index is 1.74. The maximum atomic E-state index is 12.1. The van der Waals surface area contributed by atoms with Crippen molar-refractivity contribution in [3.8, 4) is 5.75 Å². The number of aromatic nitrogens is 1. The molecule has 2 aromatic carbocycles. The summed E-state index contributed by atoms with van der Waals surface area (Å²) in [6.45, 7) is 0. The number of methoxy groups -OCH3 is 1. The van der Waals surface area contributed by atoms with Crippen LogP contribution >= 0.6 is 11.3 Å². The number of carbonyl (C=O) groups is 1. The van der Waals surface area contributed by atoms with Gasteiger partial charge in [-0.2, -0.15) is 0 Å². The van der Waals surface area contributed by atoms with E-state index >= 15 is 0 Å². The zero-order chi connectivity index (χ0) is 18.0. The number of amides is 2. The molecule has 130 valence electrons. The fourth-order valence-electron chi connectivity index (χ4n) is 2.11. The van der Waals surface area contributed by atoms with E-state index in [1.807, 2.05) is 0 Å². The van der Waals surface area contributed by atoms with E-state index in [4.69, 9.17) is 4.74 Å². The van der Waals surface area contributed by atoms with E-state index in [1.54, 1.807) is 49.6 Å². The third kappa shape index (κ3) is 4.06. The van der Waals surface area contributed by atoms with Gasteiger partial charge < -0.3 is 15.4 Å². The Morgan fingerprint density at radius 1 is 1.08 bits per heavy atom. The molecule has 0 bridgehead atoms. The fraction of sp³-hybridized carbons (Fsp3) is 0.125. The van der Waals surface area contributed by atoms with Crippen LogP contribution in [-0.4, -0.2) is 32.8 Å². The first-order valence-electron chi connectivity index (χ1n) is 7.18. The van der Waals surface area contributed by atoms with Gasteiger partial charge in [-0.25, -0.2) is 18.2 Å². The molecule has 0 aliphatic heterocycles. The quantitative estimate of drug-likeness (QED) is 0.727. The molecule has 9 heteroatoms. The van der Waals surface area contributed by atoms with Gasteiger partial charge in [0.05, 0.1) is 17.3 Å². The van der Waals surface area contributed by atoms with Crippen molar-refractivity contribution in [1.82, 2.24) is 4.98 Å². The molecule has 1 heterocycles. The Morgan fingerprint density at radius 3 is 2.36 bits per heavy atom. The van der Waals surface area contributed by atoms with Gasteiger partial charge in [0.2, 0.25) is 14.2 Å². The van der Waals surface area contributed by atoms with Gasteiger partial charge in [-0.05, 0) is 42.5 Å². The number of hydrogen-bond donors (Lipinski definition) is 2. The van der Waals surface area contributed by atoms with Gasteiger partial charge >= 0.3 is 6.03 Å². The van der Waals surface area contributed by atoms with E-state index in [0.29, 0.717) is 27.3 Å². The molecule has 0 unspecified atom stereocenters. The summed E-state index contributed by atoms with van der Waals surface area (Å²) in [6.07, 6.45) is 1.12. The molecule has 3 aromatic rings. The van der Waals surface area contributed by atoms with Crippen LogP contribution in [0.2, 0.25) is 0 Å². The van der Waals surface area contributed by atoms with Crippen LogP contribution in [-0.2, 0) is 9.84 Å². The number of carbonyl (C=O) groups excluding carboxylic acids is 1. The number of urea groups is 1. The Morgan fingerprint density at radius 2 is 1.72 bits per heavy atom. The van der Waals surface area contributed by atoms with Gasteiger partial charge in [-0.3, -0.25) is 0 Å². The minimum atomic E-state index is -3.35. The standard InChI is InChI=1S/C16H15N3O4S2/c1-23-12-6-3-10(4-7-12)17-15(20)18-11-5-8-13-14(9-11)24-16(19-13)25(2,21)22/h3-9H,1-2H3,(H2,17,18,20). The van der Waals surface area contributed by atoms with Gasteiger partial charge in [0, 0.05) is 17.6 Å². The summed E-state index contributed by atoms with van der Waals surface area (Å²) in [5, 5.41) is 5.41. The highest BCUT2D eigenvalue weighted by Crippen LogP contribution is 2.28. The number of fused-ring (bicyclic) bond motifs is 1. The van der Waals surface area contributed by atoms with Gasteiger partial charge in [0.25, 0.3) is 0 Å². The van der Waals surface area contributed by atoms with E-state index in [0.717, 1.165) is 17.6 Å². The average Bonchev–Trinajstić information content (AvgIpc) is 2.99. The summed E-state index contributed by atoms with van der Waals surface area (Å²) < 4.78 is 28.9. The zero-order valence-electron chi connectivity index (χ0n) is 13.4. The lowest BCUT2D eigenvalue weighted by Crippen LogP contribution is -2.19. The second-order valence-electron chi connectivity index (χ2n) is 5.24. The van der Waals surface area contributed by atoms with Gasteiger partial charge in [-0.1, -0.05) is 0 Å². The Bertz CT molecular complexity index is 1030.